The molecular weight excluding hydrogens is 289 g/mol. The molecule has 2 rings (SSSR count). The minimum Gasteiger partial charge on any atom is -0.314 e. The topological polar surface area (TPSA) is 15.3 Å². The van der Waals surface area contributed by atoms with Gasteiger partial charge < -0.3 is 5.32 Å². The first kappa shape index (κ1) is 17.0. The van der Waals surface area contributed by atoms with Crippen LogP contribution in [0.3, 0.4) is 0 Å². The lowest BCUT2D eigenvalue weighted by molar-refractivity contribution is 0.167. The predicted molar refractivity (Wildman–Crippen MR) is 75.6 cm³/mol. The van der Waals surface area contributed by atoms with Crippen molar-refractivity contribution in [2.24, 2.45) is 0 Å². The fourth-order valence-electron chi connectivity index (χ4n) is 2.47. The Morgan fingerprint density at radius 3 is 2.25 bits per heavy atom. The molecule has 2 nitrogen and oxygen atoms in total. The molecule has 0 aliphatic carbocycles. The van der Waals surface area contributed by atoms with E-state index in [0.29, 0.717) is 19.5 Å². The highest BCUT2D eigenvalue weighted by Crippen LogP contribution is 2.30. The molecule has 0 aromatic heterocycles. The van der Waals surface area contributed by atoms with Crippen LogP contribution in [0.25, 0.3) is 0 Å². The van der Waals surface area contributed by atoms with Gasteiger partial charge in [0.2, 0.25) is 0 Å². The van der Waals surface area contributed by atoms with Crippen LogP contribution in [0.2, 0.25) is 0 Å². The van der Waals surface area contributed by atoms with Crippen LogP contribution in [0, 0.1) is 17.5 Å². The zero-order valence-corrected chi connectivity index (χ0v) is 11.9. The SMILES string of the molecule is C=CC[C@H](c1c(F)cc(F)cc1F)N1CCNCC1.Cl. The highest BCUT2D eigenvalue weighted by atomic mass is 35.5. The fraction of sp³-hybridized carbons (Fsp3) is 0.429. The number of nitrogens with zero attached hydrogens (tertiary/aromatic N) is 1. The zero-order valence-electron chi connectivity index (χ0n) is 11.0. The lowest BCUT2D eigenvalue weighted by atomic mass is 9.99. The molecule has 1 N–H and O–H groups in total. The third-order valence-corrected chi connectivity index (χ3v) is 3.36. The molecule has 0 saturated carbocycles. The van der Waals surface area contributed by atoms with Gasteiger partial charge in [-0.15, -0.1) is 19.0 Å². The van der Waals surface area contributed by atoms with Gasteiger partial charge in [-0.25, -0.2) is 13.2 Å². The van der Waals surface area contributed by atoms with E-state index in [2.05, 4.69) is 11.9 Å². The van der Waals surface area contributed by atoms with E-state index in [-0.39, 0.29) is 18.0 Å². The molecule has 1 atom stereocenters. The number of halogens is 4. The third-order valence-electron chi connectivity index (χ3n) is 3.36. The maximum Gasteiger partial charge on any atom is 0.133 e. The molecule has 20 heavy (non-hydrogen) atoms. The quantitative estimate of drug-likeness (QED) is 0.860. The third kappa shape index (κ3) is 3.75. The second kappa shape index (κ2) is 7.67. The second-order valence-corrected chi connectivity index (χ2v) is 4.61. The normalized spacial score (nSPS) is 17.4. The summed E-state index contributed by atoms with van der Waals surface area (Å²) in [6, 6.07) is 1.04. The van der Waals surface area contributed by atoms with Gasteiger partial charge in [0.25, 0.3) is 0 Å². The summed E-state index contributed by atoms with van der Waals surface area (Å²) in [4.78, 5) is 2.00. The molecule has 1 saturated heterocycles. The Labute approximate surface area is 123 Å². The van der Waals surface area contributed by atoms with Crippen molar-refractivity contribution < 1.29 is 13.2 Å². The maximum absolute atomic E-state index is 13.9. The molecule has 1 aromatic rings. The summed E-state index contributed by atoms with van der Waals surface area (Å²) < 4.78 is 40.7. The Morgan fingerprint density at radius 2 is 1.75 bits per heavy atom. The first-order chi connectivity index (χ1) is 9.13. The number of nitrogens with one attached hydrogen (secondary N) is 1. The Bertz CT molecular complexity index is 439. The Kier molecular flexibility index (Phi) is 6.52. The van der Waals surface area contributed by atoms with Crippen molar-refractivity contribution in [2.45, 2.75) is 12.5 Å². The van der Waals surface area contributed by atoms with Crippen LogP contribution in [-0.2, 0) is 0 Å². The lowest BCUT2D eigenvalue weighted by Gasteiger charge is -2.35. The van der Waals surface area contributed by atoms with Gasteiger partial charge in [-0.1, -0.05) is 6.08 Å². The van der Waals surface area contributed by atoms with Crippen LogP contribution in [0.15, 0.2) is 24.8 Å². The maximum atomic E-state index is 13.9. The monoisotopic (exact) mass is 306 g/mol. The summed E-state index contributed by atoms with van der Waals surface area (Å²) >= 11 is 0. The highest BCUT2D eigenvalue weighted by Gasteiger charge is 2.27. The molecule has 1 aromatic carbocycles. The van der Waals surface area contributed by atoms with Crippen LogP contribution in [0.1, 0.15) is 18.0 Å². The molecule has 1 aliphatic rings. The van der Waals surface area contributed by atoms with Crippen molar-refractivity contribution in [3.8, 4) is 0 Å². The molecule has 0 unspecified atom stereocenters. The molecule has 112 valence electrons. The Morgan fingerprint density at radius 1 is 1.20 bits per heavy atom. The molecule has 0 bridgehead atoms. The van der Waals surface area contributed by atoms with Gasteiger partial charge in [-0.3, -0.25) is 4.90 Å². The minimum absolute atomic E-state index is 0. The van der Waals surface area contributed by atoms with Gasteiger partial charge in [0.1, 0.15) is 17.5 Å². The van der Waals surface area contributed by atoms with Crippen molar-refractivity contribution in [3.63, 3.8) is 0 Å². The summed E-state index contributed by atoms with van der Waals surface area (Å²) in [5.41, 5.74) is -0.0665. The fourth-order valence-corrected chi connectivity index (χ4v) is 2.47. The average Bonchev–Trinajstić information content (AvgIpc) is 2.37. The number of rotatable bonds is 4. The first-order valence-electron chi connectivity index (χ1n) is 6.33. The van der Waals surface area contributed by atoms with Gasteiger partial charge in [0, 0.05) is 49.9 Å². The van der Waals surface area contributed by atoms with Crippen LogP contribution in [0.4, 0.5) is 13.2 Å². The van der Waals surface area contributed by atoms with E-state index in [1.54, 1.807) is 6.08 Å². The van der Waals surface area contributed by atoms with Gasteiger partial charge >= 0.3 is 0 Å². The van der Waals surface area contributed by atoms with Crippen molar-refractivity contribution in [1.29, 1.82) is 0 Å². The van der Waals surface area contributed by atoms with Crippen LogP contribution in [-0.4, -0.2) is 31.1 Å². The molecule has 0 spiro atoms. The van der Waals surface area contributed by atoms with Gasteiger partial charge in [-0.05, 0) is 6.42 Å². The summed E-state index contributed by atoms with van der Waals surface area (Å²) in [7, 11) is 0. The first-order valence-corrected chi connectivity index (χ1v) is 6.33. The van der Waals surface area contributed by atoms with Gasteiger partial charge in [0.05, 0.1) is 0 Å². The highest BCUT2D eigenvalue weighted by molar-refractivity contribution is 5.85. The van der Waals surface area contributed by atoms with Crippen molar-refractivity contribution in [2.75, 3.05) is 26.2 Å². The summed E-state index contributed by atoms with van der Waals surface area (Å²) in [5.74, 6) is -2.55. The standard InChI is InChI=1S/C14H17F3N2.ClH/c1-2-3-13(19-6-4-18-5-7-19)14-11(16)8-10(15)9-12(14)17;/h2,8-9,13,18H,1,3-7H2;1H/t13-;/m1./s1. The molecule has 1 fully saturated rings. The van der Waals surface area contributed by atoms with Crippen LogP contribution < -0.4 is 5.32 Å². The smallest absolute Gasteiger partial charge is 0.133 e. The van der Waals surface area contributed by atoms with Crippen molar-refractivity contribution >= 4 is 12.4 Å². The summed E-state index contributed by atoms with van der Waals surface area (Å²) in [6.45, 7) is 6.59. The molecule has 1 aliphatic heterocycles. The van der Waals surface area contributed by atoms with E-state index >= 15 is 0 Å². The van der Waals surface area contributed by atoms with Crippen LogP contribution in [0.5, 0.6) is 0 Å². The number of piperazine rings is 1. The van der Waals surface area contributed by atoms with Gasteiger partial charge in [0.15, 0.2) is 0 Å². The van der Waals surface area contributed by atoms with Gasteiger partial charge in [-0.2, -0.15) is 0 Å². The zero-order chi connectivity index (χ0) is 13.8. The van der Waals surface area contributed by atoms with Crippen molar-refractivity contribution in [3.05, 3.63) is 47.8 Å². The number of benzene rings is 1. The minimum atomic E-state index is -0.892. The van der Waals surface area contributed by atoms with Crippen LogP contribution >= 0.6 is 12.4 Å². The van der Waals surface area contributed by atoms with Crippen molar-refractivity contribution in [1.82, 2.24) is 10.2 Å². The van der Waals surface area contributed by atoms with E-state index in [9.17, 15) is 13.2 Å². The second-order valence-electron chi connectivity index (χ2n) is 4.61. The molecule has 1 heterocycles. The Hall–Kier alpha value is -1.04. The average molecular weight is 307 g/mol. The molecular formula is C14H18ClF3N2. The largest absolute Gasteiger partial charge is 0.314 e. The number of hydrogen-bond acceptors (Lipinski definition) is 2. The Balaban J connectivity index is 0.00000200. The lowest BCUT2D eigenvalue weighted by Crippen LogP contribution is -2.45. The summed E-state index contributed by atoms with van der Waals surface area (Å²) in [6.07, 6.45) is 2.06. The molecule has 0 radical (unpaired) electrons. The number of hydrogen-bond donors (Lipinski definition) is 1. The van der Waals surface area contributed by atoms with E-state index < -0.39 is 23.5 Å². The molecule has 0 amide bonds. The van der Waals surface area contributed by atoms with E-state index in [1.807, 2.05) is 4.90 Å². The predicted octanol–water partition coefficient (Wildman–Crippen LogP) is 3.05. The van der Waals surface area contributed by atoms with E-state index in [4.69, 9.17) is 0 Å². The summed E-state index contributed by atoms with van der Waals surface area (Å²) in [5, 5.41) is 3.19. The van der Waals surface area contributed by atoms with E-state index in [1.165, 1.54) is 0 Å². The molecule has 6 heteroatoms. The van der Waals surface area contributed by atoms with E-state index in [0.717, 1.165) is 25.2 Å².